The molecule has 4 aliphatic rings. The number of hydrogen-bond acceptors (Lipinski definition) is 4. The average Bonchev–Trinajstić information content (AvgIpc) is 3.99. The first kappa shape index (κ1) is 35.8. The summed E-state index contributed by atoms with van der Waals surface area (Å²) in [5.74, 6) is 3.52. The molecule has 0 saturated carbocycles. The first-order valence-electron chi connectivity index (χ1n) is 22.7. The van der Waals surface area contributed by atoms with Crippen molar-refractivity contribution in [1.29, 1.82) is 0 Å². The third kappa shape index (κ3) is 4.48. The van der Waals surface area contributed by atoms with E-state index in [1.165, 1.54) is 44.5 Å². The minimum absolute atomic E-state index is 0.565. The van der Waals surface area contributed by atoms with Crippen LogP contribution >= 0.6 is 0 Å². The second-order valence-corrected chi connectivity index (χ2v) is 17.9. The van der Waals surface area contributed by atoms with Crippen LogP contribution in [0.15, 0.2) is 229 Å². The molecule has 0 unspecified atom stereocenters. The molecule has 1 aromatic heterocycles. The van der Waals surface area contributed by atoms with Crippen molar-refractivity contribution in [2.75, 3.05) is 4.90 Å². The maximum absolute atomic E-state index is 6.71. The van der Waals surface area contributed by atoms with Gasteiger partial charge in [0.2, 0.25) is 0 Å². The third-order valence-corrected chi connectivity index (χ3v) is 14.8. The Labute approximate surface area is 381 Å². The van der Waals surface area contributed by atoms with E-state index in [2.05, 4.69) is 217 Å². The Morgan fingerprint density at radius 1 is 0.273 bits per heavy atom. The minimum atomic E-state index is -0.614. The molecule has 308 valence electrons. The molecule has 0 bridgehead atoms. The standard InChI is InChI=1S/C62H37NO3/c1-4-18-47-41(15-1)43-32-29-40(37-54(43)62(47)52-22-8-13-27-59(52)66-60-28-14-9-23-53(60)62)63(39-31-34-56-46(36-39)44-17-3-10-24-55(44)64-56)38-30-33-49-45(35-38)42-16-2-5-19-48(42)61(49)50-20-6-11-25-57(50)65-58-26-12-7-21-51(58)61/h1-37H. The molecule has 0 saturated heterocycles. The summed E-state index contributed by atoms with van der Waals surface area (Å²) in [5.41, 5.74) is 18.1. The summed E-state index contributed by atoms with van der Waals surface area (Å²) in [6, 6.07) is 81.3. The van der Waals surface area contributed by atoms with Crippen molar-refractivity contribution >= 4 is 39.0 Å². The SMILES string of the molecule is c1ccc2c(c1)Oc1ccccc1C21c2ccccc2-c2cc(N(c3ccc4c(c3)C3(c5ccccc5Oc5ccccc53)c3ccccc3-4)c3ccc4oc5ccccc5c4c3)ccc21. The topological polar surface area (TPSA) is 34.8 Å². The molecule has 4 nitrogen and oxygen atoms in total. The van der Waals surface area contributed by atoms with Gasteiger partial charge in [-0.05, 0) is 117 Å². The number of fused-ring (bicyclic) bond motifs is 21. The Morgan fingerprint density at radius 2 is 0.682 bits per heavy atom. The van der Waals surface area contributed by atoms with Crippen molar-refractivity contribution in [3.05, 3.63) is 269 Å². The molecule has 15 rings (SSSR count). The van der Waals surface area contributed by atoms with E-state index >= 15 is 0 Å². The quantitative estimate of drug-likeness (QED) is 0.177. The molecular weight excluding hydrogens is 807 g/mol. The first-order valence-corrected chi connectivity index (χ1v) is 22.7. The van der Waals surface area contributed by atoms with E-state index in [0.29, 0.717) is 0 Å². The smallest absolute Gasteiger partial charge is 0.135 e. The average molecular weight is 844 g/mol. The fraction of sp³-hybridized carbons (Fsp3) is 0.0323. The van der Waals surface area contributed by atoms with Gasteiger partial charge in [0.15, 0.2) is 0 Å². The van der Waals surface area contributed by atoms with Crippen LogP contribution in [-0.4, -0.2) is 0 Å². The van der Waals surface area contributed by atoms with E-state index < -0.39 is 10.8 Å². The van der Waals surface area contributed by atoms with Crippen LogP contribution in [-0.2, 0) is 10.8 Å². The highest BCUT2D eigenvalue weighted by molar-refractivity contribution is 6.07. The number of ether oxygens (including phenoxy) is 2. The molecule has 11 aromatic rings. The largest absolute Gasteiger partial charge is 0.457 e. The van der Waals surface area contributed by atoms with Crippen LogP contribution < -0.4 is 14.4 Å². The normalized spacial score (nSPS) is 14.5. The van der Waals surface area contributed by atoms with Crippen molar-refractivity contribution in [3.8, 4) is 45.3 Å². The highest BCUT2D eigenvalue weighted by Gasteiger charge is 2.53. The van der Waals surface area contributed by atoms with Gasteiger partial charge < -0.3 is 18.8 Å². The molecule has 0 fully saturated rings. The zero-order valence-corrected chi connectivity index (χ0v) is 35.5. The Kier molecular flexibility index (Phi) is 7.05. The highest BCUT2D eigenvalue weighted by Crippen LogP contribution is 2.65. The Morgan fingerprint density at radius 3 is 1.30 bits per heavy atom. The molecule has 0 atom stereocenters. The summed E-state index contributed by atoms with van der Waals surface area (Å²) >= 11 is 0. The van der Waals surface area contributed by atoms with Crippen molar-refractivity contribution in [1.82, 2.24) is 0 Å². The van der Waals surface area contributed by atoms with Gasteiger partial charge in [0.05, 0.1) is 10.8 Å². The lowest BCUT2D eigenvalue weighted by molar-refractivity contribution is 0.436. The molecule has 2 aliphatic carbocycles. The molecule has 2 spiro atoms. The number of furan rings is 1. The van der Waals surface area contributed by atoms with E-state index in [1.807, 2.05) is 12.1 Å². The van der Waals surface area contributed by atoms with E-state index in [0.717, 1.165) is 84.3 Å². The first-order chi connectivity index (χ1) is 32.7. The van der Waals surface area contributed by atoms with Crippen LogP contribution in [0.5, 0.6) is 23.0 Å². The lowest BCUT2D eigenvalue weighted by Gasteiger charge is -2.40. The van der Waals surface area contributed by atoms with Gasteiger partial charge in [0.25, 0.3) is 0 Å². The number of hydrogen-bond donors (Lipinski definition) is 0. The Hall–Kier alpha value is -8.60. The molecule has 10 aromatic carbocycles. The van der Waals surface area contributed by atoms with Crippen molar-refractivity contribution < 1.29 is 13.9 Å². The summed E-state index contributed by atoms with van der Waals surface area (Å²) in [4.78, 5) is 2.44. The van der Waals surface area contributed by atoms with Crippen LogP contribution in [0.25, 0.3) is 44.2 Å². The molecule has 0 N–H and O–H groups in total. The summed E-state index contributed by atoms with van der Waals surface area (Å²) in [6.07, 6.45) is 0. The van der Waals surface area contributed by atoms with Gasteiger partial charge in [0.1, 0.15) is 34.2 Å². The molecule has 2 aliphatic heterocycles. The summed E-state index contributed by atoms with van der Waals surface area (Å²) in [5, 5.41) is 2.17. The predicted octanol–water partition coefficient (Wildman–Crippen LogP) is 16.0. The second-order valence-electron chi connectivity index (χ2n) is 17.9. The Bertz CT molecular complexity index is 3790. The van der Waals surface area contributed by atoms with Crippen molar-refractivity contribution in [3.63, 3.8) is 0 Å². The van der Waals surface area contributed by atoms with Crippen LogP contribution in [0, 0.1) is 0 Å². The third-order valence-electron chi connectivity index (χ3n) is 14.8. The van der Waals surface area contributed by atoms with Gasteiger partial charge in [-0.2, -0.15) is 0 Å². The number of rotatable bonds is 3. The lowest BCUT2D eigenvalue weighted by atomic mass is 9.66. The number of nitrogens with zero attached hydrogens (tertiary/aromatic N) is 1. The predicted molar refractivity (Wildman–Crippen MR) is 263 cm³/mol. The number of benzene rings is 10. The molecule has 4 heteroatoms. The van der Waals surface area contributed by atoms with Crippen molar-refractivity contribution in [2.45, 2.75) is 10.8 Å². The molecule has 0 amide bonds. The Balaban J connectivity index is 1.01. The van der Waals surface area contributed by atoms with Gasteiger partial charge >= 0.3 is 0 Å². The summed E-state index contributed by atoms with van der Waals surface area (Å²) < 4.78 is 19.8. The summed E-state index contributed by atoms with van der Waals surface area (Å²) in [6.45, 7) is 0. The van der Waals surface area contributed by atoms with E-state index in [1.54, 1.807) is 0 Å². The lowest BCUT2D eigenvalue weighted by Crippen LogP contribution is -2.32. The summed E-state index contributed by atoms with van der Waals surface area (Å²) in [7, 11) is 0. The van der Waals surface area contributed by atoms with E-state index in [-0.39, 0.29) is 0 Å². The van der Waals surface area contributed by atoms with Gasteiger partial charge in [-0.15, -0.1) is 0 Å². The van der Waals surface area contributed by atoms with Crippen LogP contribution in [0.4, 0.5) is 17.1 Å². The maximum Gasteiger partial charge on any atom is 0.135 e. The molecule has 3 heterocycles. The number of para-hydroxylation sites is 5. The minimum Gasteiger partial charge on any atom is -0.457 e. The van der Waals surface area contributed by atoms with Gasteiger partial charge in [0, 0.05) is 50.1 Å². The van der Waals surface area contributed by atoms with Crippen molar-refractivity contribution in [2.24, 2.45) is 0 Å². The number of anilines is 3. The fourth-order valence-corrected chi connectivity index (χ4v) is 12.3. The zero-order chi connectivity index (χ0) is 43.1. The monoisotopic (exact) mass is 843 g/mol. The molecule has 0 radical (unpaired) electrons. The van der Waals surface area contributed by atoms with Crippen LogP contribution in [0.2, 0.25) is 0 Å². The molecule has 66 heavy (non-hydrogen) atoms. The fourth-order valence-electron chi connectivity index (χ4n) is 12.3. The zero-order valence-electron chi connectivity index (χ0n) is 35.5. The van der Waals surface area contributed by atoms with Gasteiger partial charge in [-0.3, -0.25) is 0 Å². The van der Waals surface area contributed by atoms with E-state index in [9.17, 15) is 0 Å². The molecular formula is C62H37NO3. The van der Waals surface area contributed by atoms with Gasteiger partial charge in [-0.25, -0.2) is 0 Å². The van der Waals surface area contributed by atoms with Crippen LogP contribution in [0.3, 0.4) is 0 Å². The van der Waals surface area contributed by atoms with Crippen LogP contribution in [0.1, 0.15) is 44.5 Å². The van der Waals surface area contributed by atoms with Gasteiger partial charge in [-0.1, -0.05) is 152 Å². The second kappa shape index (κ2) is 13.0. The highest BCUT2D eigenvalue weighted by atomic mass is 16.5. The van der Waals surface area contributed by atoms with E-state index in [4.69, 9.17) is 13.9 Å². The maximum atomic E-state index is 6.71.